The van der Waals surface area contributed by atoms with Crippen molar-refractivity contribution in [1.29, 1.82) is 0 Å². The minimum absolute atomic E-state index is 0. The van der Waals surface area contributed by atoms with Gasteiger partial charge in [0.25, 0.3) is 5.69 Å². The molecule has 8 bridgehead atoms. The van der Waals surface area contributed by atoms with E-state index in [9.17, 15) is 19.8 Å². The second-order valence-corrected chi connectivity index (χ2v) is 13.7. The Labute approximate surface area is 338 Å². The van der Waals surface area contributed by atoms with Crippen molar-refractivity contribution in [3.8, 4) is 45.6 Å². The second-order valence-electron chi connectivity index (χ2n) is 12.1. The Morgan fingerprint density at radius 2 is 1.16 bits per heavy atom. The molecule has 2 N–H and O–H groups in total. The number of benzene rings is 4. The van der Waals surface area contributed by atoms with Gasteiger partial charge in [0.1, 0.15) is 22.4 Å². The summed E-state index contributed by atoms with van der Waals surface area (Å²) in [5.74, 6) is -1.52. The van der Waals surface area contributed by atoms with Gasteiger partial charge in [-0.2, -0.15) is 0 Å². The molecule has 2 aliphatic heterocycles. The van der Waals surface area contributed by atoms with Gasteiger partial charge in [-0.3, -0.25) is 9.59 Å². The van der Waals surface area contributed by atoms with E-state index in [0.717, 1.165) is 5.56 Å². The molecule has 1 radical (unpaired) electrons. The van der Waals surface area contributed by atoms with Gasteiger partial charge in [0.15, 0.2) is 5.82 Å². The quantitative estimate of drug-likeness (QED) is 0.0749. The van der Waals surface area contributed by atoms with Crippen molar-refractivity contribution in [3.63, 3.8) is 0 Å². The Morgan fingerprint density at radius 3 is 1.76 bits per heavy atom. The van der Waals surface area contributed by atoms with Crippen LogP contribution in [0.3, 0.4) is 0 Å². The van der Waals surface area contributed by atoms with E-state index >= 15 is 0 Å². The molecular weight excluding hydrogens is 844 g/mol. The van der Waals surface area contributed by atoms with E-state index in [4.69, 9.17) is 86.1 Å². The van der Waals surface area contributed by atoms with Crippen LogP contribution < -0.4 is 19.5 Å². The first-order chi connectivity index (χ1) is 26.0. The predicted molar refractivity (Wildman–Crippen MR) is 199 cm³/mol. The van der Waals surface area contributed by atoms with Gasteiger partial charge >= 0.3 is 29.0 Å². The first-order valence-electron chi connectivity index (χ1n) is 16.0. The molecule has 0 fully saturated rings. The number of hydrogen-bond acceptors (Lipinski definition) is 9. The average Bonchev–Trinajstić information content (AvgIpc) is 3.88. The van der Waals surface area contributed by atoms with E-state index in [-0.39, 0.29) is 76.9 Å². The van der Waals surface area contributed by atoms with Crippen LogP contribution in [0.2, 0.25) is 20.1 Å². The summed E-state index contributed by atoms with van der Waals surface area (Å²) in [5.41, 5.74) is 2.76. The molecule has 0 aliphatic carbocycles. The second kappa shape index (κ2) is 14.0. The number of aromatic nitrogens is 9. The maximum atomic E-state index is 11.5. The minimum Gasteiger partial charge on any atom is -0.489 e. The van der Waals surface area contributed by atoms with E-state index in [0.29, 0.717) is 44.4 Å². The summed E-state index contributed by atoms with van der Waals surface area (Å²) >= 11 is 26.7. The first-order valence-corrected chi connectivity index (χ1v) is 17.5. The third kappa shape index (κ3) is 6.28. The van der Waals surface area contributed by atoms with Crippen LogP contribution in [0.15, 0.2) is 66.7 Å². The van der Waals surface area contributed by atoms with Crippen LogP contribution in [0, 0.1) is 0 Å². The molecule has 14 nitrogen and oxygen atoms in total. The van der Waals surface area contributed by atoms with Crippen molar-refractivity contribution in [2.75, 3.05) is 0 Å². The number of carboxylic acid groups (broad SMARTS) is 2. The topological polar surface area (TPSA) is 193 Å². The number of aliphatic carboxylic acids is 2. The summed E-state index contributed by atoms with van der Waals surface area (Å²) in [6.45, 7) is 0. The first kappa shape index (κ1) is 36.6. The largest absolute Gasteiger partial charge is 2.00 e. The van der Waals surface area contributed by atoms with Gasteiger partial charge in [0.05, 0.1) is 45.2 Å². The van der Waals surface area contributed by atoms with Crippen molar-refractivity contribution >= 4 is 102 Å². The third-order valence-corrected chi connectivity index (χ3v) is 10.5. The molecule has 4 aromatic carbocycles. The van der Waals surface area contributed by atoms with E-state index in [1.165, 1.54) is 4.80 Å². The predicted octanol–water partition coefficient (Wildman–Crippen LogP) is 7.05. The van der Waals surface area contributed by atoms with Crippen molar-refractivity contribution in [1.82, 2.24) is 40.1 Å². The van der Waals surface area contributed by atoms with E-state index in [1.807, 2.05) is 48.5 Å². The molecule has 0 amide bonds. The normalized spacial score (nSPS) is 11.7. The molecule has 0 unspecified atom stereocenters. The number of halogens is 4. The molecule has 0 saturated heterocycles. The van der Waals surface area contributed by atoms with Gasteiger partial charge in [-0.05, 0) is 34.4 Å². The standard InChI is InChI=1S/C36H19Cl4N9O5.Cu/c37-25-24-29(28(40)27(39)26(25)38)49-47-35-21-11-14(54-15(12-22(50)51)13-23(52)53)9-10-20(21)34(45-35)44-32-17-6-2-1-5-16(17)30(42-32)41-31-18-7-3-4-8-19(18)33(43-31)46-36(24)48-49;/h1-11,15H,12-13H2,(H3,41,42,43,44,45,46,47,48,50,51,52,53);/q;+2/p-1. The summed E-state index contributed by atoms with van der Waals surface area (Å²) in [4.78, 5) is 53.2. The molecule has 5 heterocycles. The van der Waals surface area contributed by atoms with Crippen molar-refractivity contribution in [2.24, 2.45) is 0 Å². The molecule has 0 saturated carbocycles. The molecule has 3 aromatic heterocycles. The monoisotopic (exact) mass is 859 g/mol. The number of rotatable bonds is 6. The van der Waals surface area contributed by atoms with E-state index < -0.39 is 30.9 Å². The van der Waals surface area contributed by atoms with Gasteiger partial charge in [0, 0.05) is 43.3 Å². The molecule has 9 rings (SSSR count). The Balaban J connectivity index is 0.00000427. The van der Waals surface area contributed by atoms with Crippen molar-refractivity contribution in [2.45, 2.75) is 18.9 Å². The zero-order valence-electron chi connectivity index (χ0n) is 27.3. The Hall–Kier alpha value is -5.41. The van der Waals surface area contributed by atoms with Crippen LogP contribution >= 0.6 is 46.4 Å². The van der Waals surface area contributed by atoms with Gasteiger partial charge in [-0.15, -0.1) is 0 Å². The average molecular weight is 862 g/mol. The molecule has 0 atom stereocenters. The van der Waals surface area contributed by atoms with Crippen LogP contribution in [-0.2, 0) is 26.7 Å². The summed E-state index contributed by atoms with van der Waals surface area (Å²) in [6, 6.07) is 19.7. The summed E-state index contributed by atoms with van der Waals surface area (Å²) < 4.78 is 5.88. The van der Waals surface area contributed by atoms with Crippen molar-refractivity contribution in [3.05, 3.63) is 86.8 Å². The van der Waals surface area contributed by atoms with Gasteiger partial charge in [0.2, 0.25) is 0 Å². The minimum atomic E-state index is -1.22. The molecule has 2 aliphatic rings. The van der Waals surface area contributed by atoms with Crippen LogP contribution in [0.1, 0.15) is 12.8 Å². The van der Waals surface area contributed by atoms with Crippen molar-refractivity contribution < 1.29 is 46.4 Å². The maximum absolute atomic E-state index is 11.5. The fraction of sp³-hybridized carbons (Fsp3) is 0.0833. The number of hydrogen-bond donors (Lipinski definition) is 2. The zero-order valence-corrected chi connectivity index (χ0v) is 31.3. The van der Waals surface area contributed by atoms with Gasteiger partial charge in [-0.25, -0.2) is 4.98 Å². The molecule has 55 heavy (non-hydrogen) atoms. The Bertz CT molecular complexity index is 2960. The smallest absolute Gasteiger partial charge is 0.489 e. The van der Waals surface area contributed by atoms with Crippen LogP contribution in [0.4, 0.5) is 0 Å². The van der Waals surface area contributed by atoms with Crippen LogP contribution in [-0.4, -0.2) is 58.4 Å². The molecule has 7 aromatic rings. The molecule has 0 spiro atoms. The fourth-order valence-corrected chi connectivity index (χ4v) is 7.37. The van der Waals surface area contributed by atoms with Gasteiger partial charge < -0.3 is 39.9 Å². The molecular formula is C36H18Cl4CuN9O5+. The maximum Gasteiger partial charge on any atom is 2.00 e. The third-order valence-electron chi connectivity index (χ3n) is 8.71. The number of fused-ring (bicyclic) bond motifs is 20. The molecule has 275 valence electrons. The van der Waals surface area contributed by atoms with Crippen LogP contribution in [0.5, 0.6) is 5.75 Å². The number of carbonyl (C=O) groups is 2. The van der Waals surface area contributed by atoms with Crippen LogP contribution in [0.25, 0.3) is 84.0 Å². The number of ether oxygens (including phenoxy) is 1. The van der Waals surface area contributed by atoms with E-state index in [1.54, 1.807) is 18.2 Å². The Kier molecular flexibility index (Phi) is 9.32. The summed E-state index contributed by atoms with van der Waals surface area (Å²) in [7, 11) is 0. The number of nitrogens with zero attached hydrogens (tertiary/aromatic N) is 9. The number of carboxylic acids is 2. The zero-order chi connectivity index (χ0) is 37.4. The summed E-state index contributed by atoms with van der Waals surface area (Å²) in [6.07, 6.45) is -2.27. The van der Waals surface area contributed by atoms with Gasteiger partial charge in [-0.1, -0.05) is 100 Å². The SMILES string of the molecule is O=C(O)CC(CC(=O)O)Oc1ccc2c3nc4nc(nc5[n-]c(nc6n[n+](nc([n-]3)c2c1)-c1c(Cl)c(Cl)c(Cl)c(Cl)c1-6)c1ccccc51)-c1ccccc1-4.[Cu+2]. The summed E-state index contributed by atoms with van der Waals surface area (Å²) in [5, 5.41) is 30.5. The van der Waals surface area contributed by atoms with E-state index in [2.05, 4.69) is 5.10 Å². The molecule has 19 heteroatoms. The fourth-order valence-electron chi connectivity index (χ4n) is 6.37. The Morgan fingerprint density at radius 1 is 0.636 bits per heavy atom.